The minimum atomic E-state index is -0.970. The highest BCUT2D eigenvalue weighted by atomic mass is 16.5. The molecule has 1 fully saturated rings. The first kappa shape index (κ1) is 13.6. The molecule has 0 bridgehead atoms. The van der Waals surface area contributed by atoms with Gasteiger partial charge in [-0.05, 0) is 25.5 Å². The van der Waals surface area contributed by atoms with E-state index in [0.29, 0.717) is 18.2 Å². The number of nitrogens with one attached hydrogen (secondary N) is 1. The second-order valence-corrected chi connectivity index (χ2v) is 4.80. The van der Waals surface area contributed by atoms with Crippen molar-refractivity contribution >= 4 is 11.9 Å². The summed E-state index contributed by atoms with van der Waals surface area (Å²) in [5, 5.41) is 11.7. The van der Waals surface area contributed by atoms with Crippen molar-refractivity contribution in [2.75, 3.05) is 13.2 Å². The standard InChI is InChI=1S/C13H18N2O4/c1-9(10-4-6-19-8-10)14-13(18)11-3-2-5-15(11)7-12(16)17/h2-3,5,9-10H,4,6-8H2,1H3,(H,14,18)(H,16,17). The van der Waals surface area contributed by atoms with Crippen molar-refractivity contribution in [3.8, 4) is 0 Å². The summed E-state index contributed by atoms with van der Waals surface area (Å²) in [6, 6.07) is 3.31. The number of carboxylic acid groups (broad SMARTS) is 1. The zero-order valence-electron chi connectivity index (χ0n) is 10.8. The third kappa shape index (κ3) is 3.35. The van der Waals surface area contributed by atoms with Gasteiger partial charge in [-0.3, -0.25) is 9.59 Å². The van der Waals surface area contributed by atoms with E-state index in [2.05, 4.69) is 5.32 Å². The van der Waals surface area contributed by atoms with Gasteiger partial charge in [0.15, 0.2) is 0 Å². The molecule has 1 amide bonds. The average molecular weight is 266 g/mol. The summed E-state index contributed by atoms with van der Waals surface area (Å²) in [4.78, 5) is 22.8. The number of aromatic nitrogens is 1. The highest BCUT2D eigenvalue weighted by Gasteiger charge is 2.24. The van der Waals surface area contributed by atoms with E-state index >= 15 is 0 Å². The molecular weight excluding hydrogens is 248 g/mol. The van der Waals surface area contributed by atoms with Crippen LogP contribution in [-0.4, -0.2) is 40.8 Å². The quantitative estimate of drug-likeness (QED) is 0.823. The van der Waals surface area contributed by atoms with Crippen LogP contribution in [0, 0.1) is 5.92 Å². The fraction of sp³-hybridized carbons (Fsp3) is 0.538. The molecule has 104 valence electrons. The first-order chi connectivity index (χ1) is 9.08. The Kier molecular flexibility index (Phi) is 4.21. The molecule has 2 atom stereocenters. The van der Waals surface area contributed by atoms with Gasteiger partial charge >= 0.3 is 5.97 Å². The van der Waals surface area contributed by atoms with Gasteiger partial charge in [-0.1, -0.05) is 0 Å². The van der Waals surface area contributed by atoms with Gasteiger partial charge in [0.2, 0.25) is 0 Å². The van der Waals surface area contributed by atoms with Crippen LogP contribution in [0.15, 0.2) is 18.3 Å². The van der Waals surface area contributed by atoms with Crippen molar-refractivity contribution in [3.05, 3.63) is 24.0 Å². The molecule has 2 N–H and O–H groups in total. The molecule has 1 saturated heterocycles. The number of carboxylic acids is 1. The van der Waals surface area contributed by atoms with E-state index in [-0.39, 0.29) is 18.5 Å². The van der Waals surface area contributed by atoms with Crippen molar-refractivity contribution in [2.24, 2.45) is 5.92 Å². The number of hydrogen-bond acceptors (Lipinski definition) is 3. The molecule has 0 aliphatic carbocycles. The van der Waals surface area contributed by atoms with Gasteiger partial charge in [-0.25, -0.2) is 0 Å². The molecule has 1 aromatic heterocycles. The molecule has 0 aromatic carbocycles. The Hall–Kier alpha value is -1.82. The van der Waals surface area contributed by atoms with Crippen LogP contribution in [0.5, 0.6) is 0 Å². The average Bonchev–Trinajstić information content (AvgIpc) is 2.97. The van der Waals surface area contributed by atoms with Crippen LogP contribution in [0.2, 0.25) is 0 Å². The Bertz CT molecular complexity index is 463. The fourth-order valence-electron chi connectivity index (χ4n) is 2.25. The molecule has 2 unspecified atom stereocenters. The second-order valence-electron chi connectivity index (χ2n) is 4.80. The van der Waals surface area contributed by atoms with Crippen molar-refractivity contribution in [3.63, 3.8) is 0 Å². The van der Waals surface area contributed by atoms with Crippen LogP contribution in [0.25, 0.3) is 0 Å². The maximum absolute atomic E-state index is 12.1. The molecule has 1 aliphatic heterocycles. The topological polar surface area (TPSA) is 80.6 Å². The summed E-state index contributed by atoms with van der Waals surface area (Å²) in [6.45, 7) is 3.14. The van der Waals surface area contributed by atoms with Gasteiger partial charge < -0.3 is 19.7 Å². The molecule has 2 heterocycles. The predicted molar refractivity (Wildman–Crippen MR) is 67.9 cm³/mol. The van der Waals surface area contributed by atoms with Crippen LogP contribution in [-0.2, 0) is 16.1 Å². The minimum Gasteiger partial charge on any atom is -0.480 e. The van der Waals surface area contributed by atoms with E-state index < -0.39 is 5.97 Å². The van der Waals surface area contributed by atoms with E-state index in [4.69, 9.17) is 9.84 Å². The third-order valence-electron chi connectivity index (χ3n) is 3.40. The Labute approximate surface area is 111 Å². The molecule has 1 aliphatic rings. The summed E-state index contributed by atoms with van der Waals surface area (Å²) < 4.78 is 6.72. The first-order valence-corrected chi connectivity index (χ1v) is 6.33. The molecule has 0 spiro atoms. The van der Waals surface area contributed by atoms with Crippen molar-refractivity contribution in [1.29, 1.82) is 0 Å². The van der Waals surface area contributed by atoms with E-state index in [1.807, 2.05) is 6.92 Å². The molecule has 1 aromatic rings. The lowest BCUT2D eigenvalue weighted by atomic mass is 10.0. The highest BCUT2D eigenvalue weighted by molar-refractivity contribution is 5.93. The number of carbonyl (C=O) groups is 2. The van der Waals surface area contributed by atoms with Gasteiger partial charge in [0.05, 0.1) is 6.61 Å². The van der Waals surface area contributed by atoms with Gasteiger partial charge in [0.25, 0.3) is 5.91 Å². The number of carbonyl (C=O) groups excluding carboxylic acids is 1. The number of hydrogen-bond donors (Lipinski definition) is 2. The fourth-order valence-corrected chi connectivity index (χ4v) is 2.25. The Morgan fingerprint density at radius 2 is 2.42 bits per heavy atom. The van der Waals surface area contributed by atoms with Gasteiger partial charge in [0, 0.05) is 24.8 Å². The van der Waals surface area contributed by atoms with E-state index in [0.717, 1.165) is 13.0 Å². The van der Waals surface area contributed by atoms with E-state index in [9.17, 15) is 9.59 Å². The summed E-state index contributed by atoms with van der Waals surface area (Å²) in [5.74, 6) is -0.889. The number of nitrogens with zero attached hydrogens (tertiary/aromatic N) is 1. The van der Waals surface area contributed by atoms with Gasteiger partial charge in [-0.15, -0.1) is 0 Å². The SMILES string of the molecule is CC(NC(=O)c1cccn1CC(=O)O)C1CCOC1. The van der Waals surface area contributed by atoms with Crippen LogP contribution in [0.1, 0.15) is 23.8 Å². The largest absolute Gasteiger partial charge is 0.480 e. The lowest BCUT2D eigenvalue weighted by molar-refractivity contribution is -0.137. The normalized spacial score (nSPS) is 20.2. The monoisotopic (exact) mass is 266 g/mol. The van der Waals surface area contributed by atoms with Crippen molar-refractivity contribution in [1.82, 2.24) is 9.88 Å². The Morgan fingerprint density at radius 3 is 3.05 bits per heavy atom. The van der Waals surface area contributed by atoms with Gasteiger partial charge in [-0.2, -0.15) is 0 Å². The molecule has 0 radical (unpaired) electrons. The Balaban J connectivity index is 1.99. The zero-order valence-corrected chi connectivity index (χ0v) is 10.8. The maximum atomic E-state index is 12.1. The number of amides is 1. The van der Waals surface area contributed by atoms with Crippen molar-refractivity contribution < 1.29 is 19.4 Å². The van der Waals surface area contributed by atoms with E-state index in [1.54, 1.807) is 18.3 Å². The number of ether oxygens (including phenoxy) is 1. The lowest BCUT2D eigenvalue weighted by Crippen LogP contribution is -2.39. The lowest BCUT2D eigenvalue weighted by Gasteiger charge is -2.19. The number of rotatable bonds is 5. The summed E-state index contributed by atoms with van der Waals surface area (Å²) in [5.41, 5.74) is 0.369. The number of aliphatic carboxylic acids is 1. The second kappa shape index (κ2) is 5.88. The smallest absolute Gasteiger partial charge is 0.323 e. The highest BCUT2D eigenvalue weighted by Crippen LogP contribution is 2.16. The minimum absolute atomic E-state index is 0.0168. The predicted octanol–water partition coefficient (Wildman–Crippen LogP) is 0.728. The van der Waals surface area contributed by atoms with Crippen LogP contribution in [0.3, 0.4) is 0 Å². The van der Waals surface area contributed by atoms with Gasteiger partial charge in [0.1, 0.15) is 12.2 Å². The summed E-state index contributed by atoms with van der Waals surface area (Å²) in [6.07, 6.45) is 2.53. The van der Waals surface area contributed by atoms with E-state index in [1.165, 1.54) is 4.57 Å². The molecule has 0 saturated carbocycles. The van der Waals surface area contributed by atoms with Crippen LogP contribution in [0.4, 0.5) is 0 Å². The summed E-state index contributed by atoms with van der Waals surface area (Å²) >= 11 is 0. The van der Waals surface area contributed by atoms with Crippen LogP contribution < -0.4 is 5.32 Å². The van der Waals surface area contributed by atoms with Crippen LogP contribution >= 0.6 is 0 Å². The molecule has 19 heavy (non-hydrogen) atoms. The molecule has 6 heteroatoms. The first-order valence-electron chi connectivity index (χ1n) is 6.33. The molecular formula is C13H18N2O4. The van der Waals surface area contributed by atoms with Crippen molar-refractivity contribution in [2.45, 2.75) is 25.9 Å². The molecule has 2 rings (SSSR count). The zero-order chi connectivity index (χ0) is 13.8. The Morgan fingerprint density at radius 1 is 1.63 bits per heavy atom. The third-order valence-corrected chi connectivity index (χ3v) is 3.40. The maximum Gasteiger partial charge on any atom is 0.323 e. The summed E-state index contributed by atoms with van der Waals surface area (Å²) in [7, 11) is 0. The molecule has 6 nitrogen and oxygen atoms in total.